The molecule has 2 N–H and O–H groups in total. The lowest BCUT2D eigenvalue weighted by Gasteiger charge is -2.35. The highest BCUT2D eigenvalue weighted by Gasteiger charge is 2.36. The molecule has 3 amide bonds. The highest BCUT2D eigenvalue weighted by molar-refractivity contribution is 5.92. The number of nitrogens with one attached hydrogen (secondary N) is 2. The summed E-state index contributed by atoms with van der Waals surface area (Å²) in [5, 5.41) is 5.85. The fraction of sp³-hybridized carbons (Fsp3) is 0.710. The van der Waals surface area contributed by atoms with E-state index in [9.17, 15) is 14.4 Å². The number of carbonyl (C=O) groups excluding carboxylic acids is 3. The molecule has 0 radical (unpaired) electrons. The number of ether oxygens (including phenoxy) is 1. The van der Waals surface area contributed by atoms with E-state index in [0.717, 1.165) is 48.8 Å². The van der Waals surface area contributed by atoms with Gasteiger partial charge in [0, 0.05) is 12.6 Å². The van der Waals surface area contributed by atoms with Gasteiger partial charge in [0.1, 0.15) is 17.7 Å². The summed E-state index contributed by atoms with van der Waals surface area (Å²) < 4.78 is 5.48. The Kier molecular flexibility index (Phi) is 13.9. The second-order valence-corrected chi connectivity index (χ2v) is 12.2. The Bertz CT molecular complexity index is 905. The lowest BCUT2D eigenvalue weighted by atomic mass is 9.96. The Morgan fingerprint density at radius 2 is 1.55 bits per heavy atom. The summed E-state index contributed by atoms with van der Waals surface area (Å²) in [6, 6.07) is 4.24. The van der Waals surface area contributed by atoms with Gasteiger partial charge < -0.3 is 20.3 Å². The molecule has 0 aliphatic carbocycles. The minimum Gasteiger partial charge on any atom is -0.444 e. The minimum atomic E-state index is -0.804. The predicted molar refractivity (Wildman–Crippen MR) is 155 cm³/mol. The van der Waals surface area contributed by atoms with Gasteiger partial charge >= 0.3 is 6.09 Å². The molecule has 2 atom stereocenters. The van der Waals surface area contributed by atoms with E-state index in [1.54, 1.807) is 25.7 Å². The molecule has 7 nitrogen and oxygen atoms in total. The van der Waals surface area contributed by atoms with Gasteiger partial charge in [-0.3, -0.25) is 9.59 Å². The van der Waals surface area contributed by atoms with E-state index in [-0.39, 0.29) is 23.8 Å². The van der Waals surface area contributed by atoms with Gasteiger partial charge in [0.05, 0.1) is 0 Å². The Morgan fingerprint density at radius 1 is 0.921 bits per heavy atom. The molecule has 0 aromatic heterocycles. The number of hydrogen-bond acceptors (Lipinski definition) is 4. The van der Waals surface area contributed by atoms with Gasteiger partial charge in [-0.05, 0) is 83.9 Å². The van der Waals surface area contributed by atoms with Crippen LogP contribution in [0.5, 0.6) is 0 Å². The first-order chi connectivity index (χ1) is 17.7. The van der Waals surface area contributed by atoms with Crippen molar-refractivity contribution in [2.24, 2.45) is 5.92 Å². The molecule has 1 aromatic carbocycles. The summed E-state index contributed by atoms with van der Waals surface area (Å²) in [5.41, 5.74) is 2.27. The molecule has 0 spiro atoms. The highest BCUT2D eigenvalue weighted by Crippen LogP contribution is 2.27. The zero-order valence-corrected chi connectivity index (χ0v) is 25.6. The van der Waals surface area contributed by atoms with Gasteiger partial charge in [0.15, 0.2) is 0 Å². The minimum absolute atomic E-state index is 0.0793. The van der Waals surface area contributed by atoms with Crippen molar-refractivity contribution in [3.8, 4) is 0 Å². The number of rotatable bonds is 14. The first kappa shape index (κ1) is 33.5. The van der Waals surface area contributed by atoms with E-state index < -0.39 is 23.8 Å². The number of unbranched alkanes of at least 4 members (excludes halogenated alkanes) is 4. The number of amides is 3. The standard InChI is InChI=1S/C31H53N3O4/c1-11-12-13-14-15-18-34(29(36)26(19-21(2)3)33-30(37)38-31(8,9)10)27(28(35)32-22(4)5)25-17-16-23(6)24(7)20-25/h16-17,20-22,26-27H,11-15,18-19H2,1-10H3,(H,32,35)(H,33,37). The van der Waals surface area contributed by atoms with Crippen molar-refractivity contribution in [3.05, 3.63) is 34.9 Å². The second-order valence-electron chi connectivity index (χ2n) is 12.2. The van der Waals surface area contributed by atoms with E-state index in [1.165, 1.54) is 0 Å². The molecule has 2 unspecified atom stereocenters. The maximum absolute atomic E-state index is 14.2. The second kappa shape index (κ2) is 15.7. The summed E-state index contributed by atoms with van der Waals surface area (Å²) in [6.45, 7) is 19.9. The molecule has 0 heterocycles. The molecule has 1 aromatic rings. The number of benzene rings is 1. The SMILES string of the molecule is CCCCCCCN(C(=O)C(CC(C)C)NC(=O)OC(C)(C)C)C(C(=O)NC(C)C)c1ccc(C)c(C)c1. The average Bonchev–Trinajstić information content (AvgIpc) is 2.77. The van der Waals surface area contributed by atoms with Gasteiger partial charge in [0.2, 0.25) is 11.8 Å². The molecule has 0 aliphatic rings. The number of alkyl carbamates (subject to hydrolysis) is 1. The first-order valence-corrected chi connectivity index (χ1v) is 14.3. The fourth-order valence-electron chi connectivity index (χ4n) is 4.37. The Morgan fingerprint density at radius 3 is 2.08 bits per heavy atom. The summed E-state index contributed by atoms with van der Waals surface area (Å²) in [6.07, 6.45) is 4.90. The lowest BCUT2D eigenvalue weighted by Crippen LogP contribution is -2.54. The van der Waals surface area contributed by atoms with Gasteiger partial charge in [-0.1, -0.05) is 64.7 Å². The van der Waals surface area contributed by atoms with Crippen molar-refractivity contribution < 1.29 is 19.1 Å². The van der Waals surface area contributed by atoms with Crippen molar-refractivity contribution >= 4 is 17.9 Å². The van der Waals surface area contributed by atoms with Crippen LogP contribution < -0.4 is 10.6 Å². The van der Waals surface area contributed by atoms with Crippen LogP contribution in [0.15, 0.2) is 18.2 Å². The van der Waals surface area contributed by atoms with Gasteiger partial charge in [-0.25, -0.2) is 4.79 Å². The number of aryl methyl sites for hydroxylation is 2. The molecular weight excluding hydrogens is 478 g/mol. The number of carbonyl (C=O) groups is 3. The topological polar surface area (TPSA) is 87.7 Å². The fourth-order valence-corrected chi connectivity index (χ4v) is 4.37. The summed E-state index contributed by atoms with van der Waals surface area (Å²) in [5.74, 6) is -0.331. The molecule has 0 bridgehead atoms. The number of hydrogen-bond donors (Lipinski definition) is 2. The normalized spacial score (nSPS) is 13.3. The third-order valence-electron chi connectivity index (χ3n) is 6.32. The molecule has 216 valence electrons. The van der Waals surface area contributed by atoms with E-state index in [1.807, 2.05) is 59.7 Å². The highest BCUT2D eigenvalue weighted by atomic mass is 16.6. The molecule has 0 saturated carbocycles. The summed E-state index contributed by atoms with van der Waals surface area (Å²) in [7, 11) is 0. The van der Waals surface area contributed by atoms with Crippen LogP contribution in [0.1, 0.15) is 117 Å². The van der Waals surface area contributed by atoms with Crippen LogP contribution in [0.25, 0.3) is 0 Å². The Labute approximate surface area is 231 Å². The third kappa shape index (κ3) is 11.9. The van der Waals surface area contributed by atoms with Crippen LogP contribution in [0.4, 0.5) is 4.79 Å². The molecule has 1 rings (SSSR count). The van der Waals surface area contributed by atoms with Gasteiger partial charge in [-0.2, -0.15) is 0 Å². The maximum atomic E-state index is 14.2. The average molecular weight is 532 g/mol. The zero-order valence-electron chi connectivity index (χ0n) is 25.6. The van der Waals surface area contributed by atoms with Crippen molar-refractivity contribution in [1.82, 2.24) is 15.5 Å². The molecule has 0 aliphatic heterocycles. The number of nitrogens with zero attached hydrogens (tertiary/aromatic N) is 1. The third-order valence-corrected chi connectivity index (χ3v) is 6.32. The smallest absolute Gasteiger partial charge is 0.408 e. The monoisotopic (exact) mass is 531 g/mol. The van der Waals surface area contributed by atoms with Crippen molar-refractivity contribution in [3.63, 3.8) is 0 Å². The summed E-state index contributed by atoms with van der Waals surface area (Å²) in [4.78, 5) is 42.3. The van der Waals surface area contributed by atoms with E-state index in [0.29, 0.717) is 13.0 Å². The van der Waals surface area contributed by atoms with Crippen LogP contribution >= 0.6 is 0 Å². The molecule has 7 heteroatoms. The van der Waals surface area contributed by atoms with Crippen LogP contribution in [0, 0.1) is 19.8 Å². The Hall–Kier alpha value is -2.57. The van der Waals surface area contributed by atoms with Crippen LogP contribution in [0.3, 0.4) is 0 Å². The zero-order chi connectivity index (χ0) is 29.0. The van der Waals surface area contributed by atoms with Crippen molar-refractivity contribution in [2.75, 3.05) is 6.54 Å². The van der Waals surface area contributed by atoms with E-state index in [2.05, 4.69) is 17.6 Å². The molecule has 38 heavy (non-hydrogen) atoms. The quantitative estimate of drug-likeness (QED) is 0.265. The van der Waals surface area contributed by atoms with Gasteiger partial charge in [0.25, 0.3) is 0 Å². The molecular formula is C31H53N3O4. The largest absolute Gasteiger partial charge is 0.444 e. The van der Waals surface area contributed by atoms with Crippen molar-refractivity contribution in [2.45, 2.75) is 131 Å². The molecule has 0 fully saturated rings. The van der Waals surface area contributed by atoms with Crippen molar-refractivity contribution in [1.29, 1.82) is 0 Å². The Balaban J connectivity index is 3.50. The molecule has 0 saturated heterocycles. The van der Waals surface area contributed by atoms with Crippen LogP contribution in [-0.4, -0.2) is 47.0 Å². The first-order valence-electron chi connectivity index (χ1n) is 14.3. The van der Waals surface area contributed by atoms with Crippen LogP contribution in [-0.2, 0) is 14.3 Å². The lowest BCUT2D eigenvalue weighted by molar-refractivity contribution is -0.143. The maximum Gasteiger partial charge on any atom is 0.408 e. The predicted octanol–water partition coefficient (Wildman–Crippen LogP) is 6.61. The summed E-state index contributed by atoms with van der Waals surface area (Å²) >= 11 is 0. The van der Waals surface area contributed by atoms with Crippen LogP contribution in [0.2, 0.25) is 0 Å². The van der Waals surface area contributed by atoms with E-state index in [4.69, 9.17) is 4.74 Å². The van der Waals surface area contributed by atoms with Gasteiger partial charge in [-0.15, -0.1) is 0 Å². The van der Waals surface area contributed by atoms with E-state index >= 15 is 0 Å².